The number of rotatable bonds is 1. The van der Waals surface area contributed by atoms with Crippen molar-refractivity contribution >= 4 is 0 Å². The Bertz CT molecular complexity index is 188. The average molecular weight is 200 g/mol. The SMILES string of the molecule is OCC1OC(O)C(F)(F)C(O)C1O. The van der Waals surface area contributed by atoms with Gasteiger partial charge in [-0.2, -0.15) is 8.78 Å². The molecule has 1 heterocycles. The van der Waals surface area contributed by atoms with Gasteiger partial charge in [-0.3, -0.25) is 0 Å². The van der Waals surface area contributed by atoms with E-state index in [2.05, 4.69) is 4.74 Å². The van der Waals surface area contributed by atoms with Gasteiger partial charge in [0.2, 0.25) is 6.29 Å². The molecule has 0 aromatic carbocycles. The standard InChI is InChI=1S/C6H10F2O5/c7-6(8)4(11)3(10)2(1-9)13-5(6)12/h2-5,9-12H,1H2. The Balaban J connectivity index is 2.79. The molecule has 0 bridgehead atoms. The van der Waals surface area contributed by atoms with E-state index >= 15 is 0 Å². The van der Waals surface area contributed by atoms with Crippen LogP contribution in [0, 0.1) is 0 Å². The second-order valence-corrected chi connectivity index (χ2v) is 2.82. The molecule has 1 rings (SSSR count). The normalized spacial score (nSPS) is 44.8. The molecule has 1 aliphatic rings. The topological polar surface area (TPSA) is 90.2 Å². The van der Waals surface area contributed by atoms with E-state index in [1.165, 1.54) is 0 Å². The van der Waals surface area contributed by atoms with Gasteiger partial charge in [0, 0.05) is 0 Å². The zero-order valence-electron chi connectivity index (χ0n) is 6.47. The average Bonchev–Trinajstić information content (AvgIpc) is 2.09. The summed E-state index contributed by atoms with van der Waals surface area (Å²) in [6.07, 6.45) is -8.26. The van der Waals surface area contributed by atoms with Gasteiger partial charge < -0.3 is 25.2 Å². The first-order chi connectivity index (χ1) is 5.91. The highest BCUT2D eigenvalue weighted by atomic mass is 19.3. The summed E-state index contributed by atoms with van der Waals surface area (Å²) >= 11 is 0. The molecule has 1 fully saturated rings. The Morgan fingerprint density at radius 3 is 2.23 bits per heavy atom. The van der Waals surface area contributed by atoms with Gasteiger partial charge in [-0.25, -0.2) is 0 Å². The molecule has 0 spiro atoms. The summed E-state index contributed by atoms with van der Waals surface area (Å²) in [7, 11) is 0. The highest BCUT2D eigenvalue weighted by Gasteiger charge is 2.56. The van der Waals surface area contributed by atoms with E-state index in [4.69, 9.17) is 20.4 Å². The summed E-state index contributed by atoms with van der Waals surface area (Å²) in [4.78, 5) is 0. The first kappa shape index (κ1) is 10.7. The van der Waals surface area contributed by atoms with Crippen LogP contribution >= 0.6 is 0 Å². The molecule has 4 atom stereocenters. The van der Waals surface area contributed by atoms with Crippen molar-refractivity contribution in [3.05, 3.63) is 0 Å². The van der Waals surface area contributed by atoms with Crippen LogP contribution in [0.4, 0.5) is 8.78 Å². The third-order valence-electron chi connectivity index (χ3n) is 1.91. The van der Waals surface area contributed by atoms with Crippen molar-refractivity contribution in [2.24, 2.45) is 0 Å². The third kappa shape index (κ3) is 1.65. The van der Waals surface area contributed by atoms with Crippen molar-refractivity contribution in [2.75, 3.05) is 6.61 Å². The molecule has 0 radical (unpaired) electrons. The number of aliphatic hydroxyl groups excluding tert-OH is 4. The van der Waals surface area contributed by atoms with Gasteiger partial charge in [0.1, 0.15) is 12.2 Å². The number of hydrogen-bond acceptors (Lipinski definition) is 5. The van der Waals surface area contributed by atoms with Crippen LogP contribution in [0.2, 0.25) is 0 Å². The van der Waals surface area contributed by atoms with E-state index in [1.807, 2.05) is 0 Å². The molecule has 0 amide bonds. The summed E-state index contributed by atoms with van der Waals surface area (Å²) in [5.41, 5.74) is 0. The molecule has 5 nitrogen and oxygen atoms in total. The highest BCUT2D eigenvalue weighted by Crippen LogP contribution is 2.33. The van der Waals surface area contributed by atoms with Crippen LogP contribution < -0.4 is 0 Å². The van der Waals surface area contributed by atoms with Crippen LogP contribution in [0.15, 0.2) is 0 Å². The Hall–Kier alpha value is -0.340. The molecule has 7 heteroatoms. The van der Waals surface area contributed by atoms with Crippen LogP contribution in [-0.2, 0) is 4.74 Å². The maximum absolute atomic E-state index is 12.7. The van der Waals surface area contributed by atoms with Gasteiger partial charge in [-0.15, -0.1) is 0 Å². The van der Waals surface area contributed by atoms with Crippen molar-refractivity contribution in [1.29, 1.82) is 0 Å². The van der Waals surface area contributed by atoms with Crippen LogP contribution in [0.25, 0.3) is 0 Å². The van der Waals surface area contributed by atoms with Crippen LogP contribution in [0.5, 0.6) is 0 Å². The van der Waals surface area contributed by atoms with E-state index in [1.54, 1.807) is 0 Å². The number of alkyl halides is 2. The minimum absolute atomic E-state index is 0.759. The fourth-order valence-electron chi connectivity index (χ4n) is 1.06. The van der Waals surface area contributed by atoms with Gasteiger partial charge in [0.05, 0.1) is 6.61 Å². The summed E-state index contributed by atoms with van der Waals surface area (Å²) in [6.45, 7) is -0.759. The molecular formula is C6H10F2O5. The fourth-order valence-corrected chi connectivity index (χ4v) is 1.06. The first-order valence-electron chi connectivity index (χ1n) is 3.59. The lowest BCUT2D eigenvalue weighted by Crippen LogP contribution is -2.62. The highest BCUT2D eigenvalue weighted by molar-refractivity contribution is 4.93. The fraction of sp³-hybridized carbons (Fsp3) is 1.00. The molecule has 4 unspecified atom stereocenters. The maximum atomic E-state index is 12.7. The van der Waals surface area contributed by atoms with Gasteiger partial charge >= 0.3 is 5.92 Å². The number of ether oxygens (including phenoxy) is 1. The lowest BCUT2D eigenvalue weighted by atomic mass is 9.98. The van der Waals surface area contributed by atoms with Gasteiger partial charge in [0.25, 0.3) is 0 Å². The number of halogens is 2. The Morgan fingerprint density at radius 1 is 1.23 bits per heavy atom. The molecule has 0 aromatic rings. The minimum atomic E-state index is -3.93. The van der Waals surface area contributed by atoms with Crippen molar-refractivity contribution in [1.82, 2.24) is 0 Å². The lowest BCUT2D eigenvalue weighted by molar-refractivity contribution is -0.345. The summed E-state index contributed by atoms with van der Waals surface area (Å²) in [6, 6.07) is 0. The zero-order valence-corrected chi connectivity index (χ0v) is 6.47. The summed E-state index contributed by atoms with van der Waals surface area (Å²) in [5, 5.41) is 35.0. The molecular weight excluding hydrogens is 190 g/mol. The van der Waals surface area contributed by atoms with Crippen LogP contribution in [-0.4, -0.2) is 57.6 Å². The maximum Gasteiger partial charge on any atom is 0.325 e. The van der Waals surface area contributed by atoms with Crippen molar-refractivity contribution < 1.29 is 33.9 Å². The molecule has 0 saturated carbocycles. The summed E-state index contributed by atoms with van der Waals surface area (Å²) in [5.74, 6) is -3.93. The van der Waals surface area contributed by atoms with Gasteiger partial charge in [-0.05, 0) is 0 Å². The lowest BCUT2D eigenvalue weighted by Gasteiger charge is -2.39. The number of aliphatic hydroxyl groups is 4. The van der Waals surface area contributed by atoms with Crippen LogP contribution in [0.1, 0.15) is 0 Å². The Kier molecular flexibility index (Phi) is 2.83. The van der Waals surface area contributed by atoms with E-state index in [0.29, 0.717) is 0 Å². The quantitative estimate of drug-likeness (QED) is 0.395. The van der Waals surface area contributed by atoms with Gasteiger partial charge in [0.15, 0.2) is 6.10 Å². The molecule has 0 aromatic heterocycles. The van der Waals surface area contributed by atoms with Crippen molar-refractivity contribution in [3.8, 4) is 0 Å². The Labute approximate surface area is 72.2 Å². The molecule has 0 aliphatic carbocycles. The van der Waals surface area contributed by atoms with Gasteiger partial charge in [-0.1, -0.05) is 0 Å². The second-order valence-electron chi connectivity index (χ2n) is 2.82. The van der Waals surface area contributed by atoms with Crippen molar-refractivity contribution in [3.63, 3.8) is 0 Å². The summed E-state index contributed by atoms with van der Waals surface area (Å²) < 4.78 is 29.5. The zero-order chi connectivity index (χ0) is 10.2. The smallest absolute Gasteiger partial charge is 0.325 e. The predicted molar refractivity (Wildman–Crippen MR) is 34.9 cm³/mol. The number of hydrogen-bond donors (Lipinski definition) is 4. The first-order valence-corrected chi connectivity index (χ1v) is 3.59. The Morgan fingerprint density at radius 2 is 1.77 bits per heavy atom. The van der Waals surface area contributed by atoms with E-state index in [9.17, 15) is 8.78 Å². The largest absolute Gasteiger partial charge is 0.394 e. The molecule has 1 aliphatic heterocycles. The van der Waals surface area contributed by atoms with E-state index in [-0.39, 0.29) is 0 Å². The molecule has 78 valence electrons. The molecule has 4 N–H and O–H groups in total. The van der Waals surface area contributed by atoms with E-state index < -0.39 is 37.1 Å². The third-order valence-corrected chi connectivity index (χ3v) is 1.91. The molecule has 1 saturated heterocycles. The molecule has 13 heavy (non-hydrogen) atoms. The van der Waals surface area contributed by atoms with Crippen LogP contribution in [0.3, 0.4) is 0 Å². The monoisotopic (exact) mass is 200 g/mol. The van der Waals surface area contributed by atoms with Crippen molar-refractivity contribution in [2.45, 2.75) is 30.5 Å². The predicted octanol–water partition coefficient (Wildman–Crippen LogP) is -1.95. The minimum Gasteiger partial charge on any atom is -0.394 e. The second kappa shape index (κ2) is 3.43. The van der Waals surface area contributed by atoms with E-state index in [0.717, 1.165) is 0 Å².